The summed E-state index contributed by atoms with van der Waals surface area (Å²) < 4.78 is 0. The Hall–Kier alpha value is -3.18. The standard InChI is InChI=1S/C23H19ClN4O/c24-17-6-3-5-15(13-17)21(29)28-20-10-9-16(14-25-20)23(11-4-12-23)22-26-18-7-1-2-8-19(18)27-22/h1-3,5-10,13-14H,4,11-12H2,(H,26,27)(H,25,28,29). The zero-order valence-corrected chi connectivity index (χ0v) is 16.4. The van der Waals surface area contributed by atoms with Gasteiger partial charge in [0.2, 0.25) is 0 Å². The lowest BCUT2D eigenvalue weighted by Gasteiger charge is -2.40. The number of H-pyrrole nitrogens is 1. The number of benzene rings is 2. The van der Waals surface area contributed by atoms with E-state index >= 15 is 0 Å². The maximum atomic E-state index is 12.4. The lowest BCUT2D eigenvalue weighted by Crippen LogP contribution is -2.36. The third-order valence-electron chi connectivity index (χ3n) is 5.69. The van der Waals surface area contributed by atoms with Gasteiger partial charge >= 0.3 is 0 Å². The number of aromatic amines is 1. The van der Waals surface area contributed by atoms with Crippen LogP contribution in [-0.4, -0.2) is 20.9 Å². The molecule has 0 saturated heterocycles. The molecule has 1 aliphatic carbocycles. The normalized spacial score (nSPS) is 15.1. The summed E-state index contributed by atoms with van der Waals surface area (Å²) >= 11 is 5.97. The van der Waals surface area contributed by atoms with Gasteiger partial charge in [0.25, 0.3) is 5.91 Å². The summed E-state index contributed by atoms with van der Waals surface area (Å²) in [6.45, 7) is 0. The molecular formula is C23H19ClN4O. The van der Waals surface area contributed by atoms with Crippen molar-refractivity contribution in [2.24, 2.45) is 0 Å². The van der Waals surface area contributed by atoms with Gasteiger partial charge in [-0.25, -0.2) is 9.97 Å². The predicted octanol–water partition coefficient (Wildman–Crippen LogP) is 5.33. The molecule has 6 heteroatoms. The quantitative estimate of drug-likeness (QED) is 0.484. The molecule has 0 spiro atoms. The summed E-state index contributed by atoms with van der Waals surface area (Å²) in [4.78, 5) is 25.2. The fourth-order valence-corrected chi connectivity index (χ4v) is 4.13. The van der Waals surface area contributed by atoms with Crippen LogP contribution in [0.3, 0.4) is 0 Å². The number of imidazole rings is 1. The lowest BCUT2D eigenvalue weighted by molar-refractivity contribution is 0.102. The Bertz CT molecular complexity index is 1160. The predicted molar refractivity (Wildman–Crippen MR) is 114 cm³/mol. The fourth-order valence-electron chi connectivity index (χ4n) is 3.94. The van der Waals surface area contributed by atoms with Crippen molar-refractivity contribution in [3.8, 4) is 0 Å². The van der Waals surface area contributed by atoms with E-state index in [9.17, 15) is 4.79 Å². The van der Waals surface area contributed by atoms with Crippen molar-refractivity contribution in [3.63, 3.8) is 0 Å². The number of amides is 1. The van der Waals surface area contributed by atoms with Gasteiger partial charge in [-0.1, -0.05) is 42.3 Å². The van der Waals surface area contributed by atoms with Gasteiger partial charge in [-0.05, 0) is 54.8 Å². The number of fused-ring (bicyclic) bond motifs is 1. The van der Waals surface area contributed by atoms with Gasteiger partial charge in [-0.2, -0.15) is 0 Å². The maximum Gasteiger partial charge on any atom is 0.256 e. The van der Waals surface area contributed by atoms with E-state index in [4.69, 9.17) is 16.6 Å². The van der Waals surface area contributed by atoms with Crippen LogP contribution in [0.2, 0.25) is 5.02 Å². The van der Waals surface area contributed by atoms with Gasteiger partial charge in [0.15, 0.2) is 0 Å². The second kappa shape index (κ2) is 7.01. The molecule has 0 aliphatic heterocycles. The topological polar surface area (TPSA) is 70.7 Å². The third kappa shape index (κ3) is 3.17. The molecule has 4 aromatic rings. The van der Waals surface area contributed by atoms with Gasteiger partial charge in [0.05, 0.1) is 16.4 Å². The molecule has 2 heterocycles. The monoisotopic (exact) mass is 402 g/mol. The summed E-state index contributed by atoms with van der Waals surface area (Å²) in [5.41, 5.74) is 3.51. The molecule has 5 rings (SSSR count). The van der Waals surface area contributed by atoms with Crippen LogP contribution in [0.15, 0.2) is 66.9 Å². The smallest absolute Gasteiger partial charge is 0.256 e. The molecule has 0 unspecified atom stereocenters. The first-order chi connectivity index (χ1) is 14.1. The average Bonchev–Trinajstić information content (AvgIpc) is 3.12. The molecule has 1 saturated carbocycles. The van der Waals surface area contributed by atoms with Gasteiger partial charge in [0.1, 0.15) is 11.6 Å². The Morgan fingerprint density at radius 3 is 2.62 bits per heavy atom. The van der Waals surface area contributed by atoms with Gasteiger partial charge in [-0.3, -0.25) is 4.79 Å². The van der Waals surface area contributed by atoms with E-state index in [2.05, 4.69) is 15.3 Å². The summed E-state index contributed by atoms with van der Waals surface area (Å²) in [5.74, 6) is 1.27. The minimum absolute atomic E-state index is 0.137. The first-order valence-corrected chi connectivity index (χ1v) is 10.0. The number of rotatable bonds is 4. The van der Waals surface area contributed by atoms with Crippen LogP contribution < -0.4 is 5.32 Å². The molecule has 2 aromatic carbocycles. The second-order valence-electron chi connectivity index (χ2n) is 7.43. The molecule has 29 heavy (non-hydrogen) atoms. The Labute approximate surface area is 173 Å². The SMILES string of the molecule is O=C(Nc1ccc(C2(c3nc4ccccc4[nH]3)CCC2)cn1)c1cccc(Cl)c1. The molecular weight excluding hydrogens is 384 g/mol. The highest BCUT2D eigenvalue weighted by Crippen LogP contribution is 2.48. The van der Waals surface area contributed by atoms with Gasteiger partial charge in [-0.15, -0.1) is 0 Å². The molecule has 2 N–H and O–H groups in total. The number of hydrogen-bond donors (Lipinski definition) is 2. The molecule has 1 amide bonds. The van der Waals surface area contributed by atoms with Crippen LogP contribution in [-0.2, 0) is 5.41 Å². The molecule has 1 fully saturated rings. The first kappa shape index (κ1) is 17.9. The molecule has 144 valence electrons. The number of nitrogens with one attached hydrogen (secondary N) is 2. The molecule has 2 aromatic heterocycles. The summed E-state index contributed by atoms with van der Waals surface area (Å²) in [6.07, 6.45) is 5.07. The molecule has 5 nitrogen and oxygen atoms in total. The van der Waals surface area contributed by atoms with E-state index in [0.717, 1.165) is 41.7 Å². The Balaban J connectivity index is 1.40. The highest BCUT2D eigenvalue weighted by Gasteiger charge is 2.43. The van der Waals surface area contributed by atoms with Crippen molar-refractivity contribution in [1.82, 2.24) is 15.0 Å². The number of carbonyl (C=O) groups excluding carboxylic acids is 1. The van der Waals surface area contributed by atoms with E-state index in [1.54, 1.807) is 24.3 Å². The third-order valence-corrected chi connectivity index (χ3v) is 5.93. The van der Waals surface area contributed by atoms with Crippen LogP contribution in [0.5, 0.6) is 0 Å². The van der Waals surface area contributed by atoms with Crippen molar-refractivity contribution in [3.05, 3.63) is 88.8 Å². The molecule has 0 atom stereocenters. The number of para-hydroxylation sites is 2. The van der Waals surface area contributed by atoms with Crippen molar-refractivity contribution in [1.29, 1.82) is 0 Å². The number of nitrogens with zero attached hydrogens (tertiary/aromatic N) is 2. The number of anilines is 1. The van der Waals surface area contributed by atoms with Crippen molar-refractivity contribution in [2.75, 3.05) is 5.32 Å². The highest BCUT2D eigenvalue weighted by atomic mass is 35.5. The van der Waals surface area contributed by atoms with E-state index in [-0.39, 0.29) is 11.3 Å². The maximum absolute atomic E-state index is 12.4. The molecule has 0 bridgehead atoms. The minimum atomic E-state index is -0.233. The number of carbonyl (C=O) groups is 1. The van der Waals surface area contributed by atoms with Gasteiger partial charge < -0.3 is 10.3 Å². The van der Waals surface area contributed by atoms with Gasteiger partial charge in [0, 0.05) is 16.8 Å². The second-order valence-corrected chi connectivity index (χ2v) is 7.87. The Morgan fingerprint density at radius 2 is 1.93 bits per heavy atom. The largest absolute Gasteiger partial charge is 0.341 e. The van der Waals surface area contributed by atoms with E-state index in [0.29, 0.717) is 16.4 Å². The van der Waals surface area contributed by atoms with Crippen molar-refractivity contribution >= 4 is 34.4 Å². The van der Waals surface area contributed by atoms with Crippen LogP contribution in [0, 0.1) is 0 Å². The number of pyridine rings is 1. The van der Waals surface area contributed by atoms with Crippen molar-refractivity contribution < 1.29 is 4.79 Å². The molecule has 1 aliphatic rings. The van der Waals surface area contributed by atoms with Crippen molar-refractivity contribution in [2.45, 2.75) is 24.7 Å². The minimum Gasteiger partial charge on any atom is -0.341 e. The highest BCUT2D eigenvalue weighted by molar-refractivity contribution is 6.31. The number of aromatic nitrogens is 3. The summed E-state index contributed by atoms with van der Waals surface area (Å²) in [6, 6.07) is 18.8. The fraction of sp³-hybridized carbons (Fsp3) is 0.174. The van der Waals surface area contributed by atoms with Crippen LogP contribution in [0.4, 0.5) is 5.82 Å². The Morgan fingerprint density at radius 1 is 1.07 bits per heavy atom. The Kier molecular flexibility index (Phi) is 4.32. The van der Waals surface area contributed by atoms with E-state index in [1.807, 2.05) is 42.6 Å². The van der Waals surface area contributed by atoms with Crippen LogP contribution in [0.25, 0.3) is 11.0 Å². The average molecular weight is 403 g/mol. The molecule has 0 radical (unpaired) electrons. The van der Waals surface area contributed by atoms with E-state index < -0.39 is 0 Å². The van der Waals surface area contributed by atoms with E-state index in [1.165, 1.54) is 0 Å². The van der Waals surface area contributed by atoms with Crippen LogP contribution >= 0.6 is 11.6 Å². The number of halogens is 1. The summed E-state index contributed by atoms with van der Waals surface area (Å²) in [7, 11) is 0. The first-order valence-electron chi connectivity index (χ1n) is 9.63. The zero-order valence-electron chi connectivity index (χ0n) is 15.7. The zero-order chi connectivity index (χ0) is 19.8. The lowest BCUT2D eigenvalue weighted by atomic mass is 9.64. The summed E-state index contributed by atoms with van der Waals surface area (Å²) in [5, 5.41) is 3.36. The van der Waals surface area contributed by atoms with Crippen LogP contribution in [0.1, 0.15) is 41.0 Å². The number of hydrogen-bond acceptors (Lipinski definition) is 3.